The summed E-state index contributed by atoms with van der Waals surface area (Å²) in [5, 5.41) is 19.8. The molecule has 3 aliphatic carbocycles. The van der Waals surface area contributed by atoms with Crippen molar-refractivity contribution in [1.29, 1.82) is 10.5 Å². The highest BCUT2D eigenvalue weighted by Gasteiger charge is 2.70. The Kier molecular flexibility index (Phi) is 6.44. The molecular formula is C37H17F8N5. The maximum atomic E-state index is 14.5. The number of nitriles is 2. The number of halogens is 8. The standard InChI is InChI=1S/C37H17F8N5/c1-16-27(14-46)35(16)26-11-18(20-5-9-25(29(39)13-20)37(43,44)45)3-7-22(26)32-34(35)50-31-21-6-2-17(10-23(21)30(48-15-47)33(31)49-32)19-4-8-24(28(38)12-19)36(40,41)42/h2-13,16,27H,1H3. The van der Waals surface area contributed by atoms with Crippen molar-refractivity contribution in [2.75, 3.05) is 0 Å². The van der Waals surface area contributed by atoms with Crippen LogP contribution < -0.4 is 0 Å². The highest BCUT2D eigenvalue weighted by molar-refractivity contribution is 6.23. The van der Waals surface area contributed by atoms with Crippen molar-refractivity contribution in [3.8, 4) is 57.0 Å². The van der Waals surface area contributed by atoms with Crippen LogP contribution in [0.25, 0.3) is 44.8 Å². The van der Waals surface area contributed by atoms with Crippen LogP contribution in [0, 0.1) is 46.3 Å². The molecule has 0 amide bonds. The molecule has 1 aromatic heterocycles. The van der Waals surface area contributed by atoms with E-state index in [9.17, 15) is 45.6 Å². The zero-order valence-corrected chi connectivity index (χ0v) is 25.3. The van der Waals surface area contributed by atoms with Crippen LogP contribution in [0.4, 0.5) is 35.1 Å². The number of hydrogen-bond donors (Lipinski definition) is 0. The van der Waals surface area contributed by atoms with Gasteiger partial charge in [0.05, 0.1) is 45.6 Å². The Bertz CT molecular complexity index is 2450. The van der Waals surface area contributed by atoms with Gasteiger partial charge in [0, 0.05) is 16.7 Å². The summed E-state index contributed by atoms with van der Waals surface area (Å²) in [5.41, 5.74) is 1.24. The molecule has 0 bridgehead atoms. The van der Waals surface area contributed by atoms with Gasteiger partial charge < -0.3 is 0 Å². The Morgan fingerprint density at radius 1 is 0.660 bits per heavy atom. The second-order valence-electron chi connectivity index (χ2n) is 12.3. The van der Waals surface area contributed by atoms with Crippen LogP contribution in [-0.2, 0) is 17.8 Å². The number of alkyl halides is 6. The predicted octanol–water partition coefficient (Wildman–Crippen LogP) is 9.48. The fourth-order valence-corrected chi connectivity index (χ4v) is 7.48. The topological polar surface area (TPSA) is 85.7 Å². The molecule has 5 aromatic rings. The molecule has 4 aromatic carbocycles. The zero-order chi connectivity index (χ0) is 35.5. The molecule has 0 radical (unpaired) electrons. The Labute approximate surface area is 277 Å². The van der Waals surface area contributed by atoms with E-state index in [-0.39, 0.29) is 28.5 Å². The van der Waals surface area contributed by atoms with E-state index in [4.69, 9.17) is 9.97 Å². The first-order valence-corrected chi connectivity index (χ1v) is 15.0. The van der Waals surface area contributed by atoms with Crippen LogP contribution in [0.3, 0.4) is 0 Å². The molecule has 8 rings (SSSR count). The quantitative estimate of drug-likeness (QED) is 0.134. The Balaban J connectivity index is 1.26. The van der Waals surface area contributed by atoms with Crippen LogP contribution in [0.5, 0.6) is 0 Å². The average Bonchev–Trinajstić information content (AvgIpc) is 3.41. The van der Waals surface area contributed by atoms with Gasteiger partial charge >= 0.3 is 12.4 Å². The lowest BCUT2D eigenvalue weighted by molar-refractivity contribution is -0.140. The zero-order valence-electron chi connectivity index (χ0n) is 25.3. The number of aliphatic imine (C=N–C) groups is 1. The van der Waals surface area contributed by atoms with Crippen LogP contribution >= 0.6 is 0 Å². The first-order valence-electron chi connectivity index (χ1n) is 15.0. The minimum atomic E-state index is -4.87. The molecule has 1 fully saturated rings. The average molecular weight is 684 g/mol. The Hall–Kier alpha value is -5.95. The van der Waals surface area contributed by atoms with E-state index in [1.54, 1.807) is 42.6 Å². The van der Waals surface area contributed by atoms with Crippen molar-refractivity contribution < 1.29 is 35.1 Å². The van der Waals surface area contributed by atoms with Gasteiger partial charge in [-0.2, -0.15) is 41.9 Å². The van der Waals surface area contributed by atoms with E-state index in [1.165, 1.54) is 6.07 Å². The molecule has 1 spiro atoms. The number of rotatable bonds is 2. The largest absolute Gasteiger partial charge is 0.419 e. The molecule has 5 nitrogen and oxygen atoms in total. The van der Waals surface area contributed by atoms with E-state index in [2.05, 4.69) is 11.1 Å². The highest BCUT2D eigenvalue weighted by atomic mass is 19.4. The van der Waals surface area contributed by atoms with E-state index < -0.39 is 46.4 Å². The van der Waals surface area contributed by atoms with E-state index in [0.717, 1.165) is 18.2 Å². The van der Waals surface area contributed by atoms with Crippen molar-refractivity contribution in [3.63, 3.8) is 0 Å². The van der Waals surface area contributed by atoms with Gasteiger partial charge in [0.2, 0.25) is 6.19 Å². The van der Waals surface area contributed by atoms with Crippen molar-refractivity contribution in [2.24, 2.45) is 16.8 Å². The molecule has 13 heteroatoms. The smallest absolute Gasteiger partial charge is 0.247 e. The lowest BCUT2D eigenvalue weighted by Gasteiger charge is -2.14. The second-order valence-corrected chi connectivity index (χ2v) is 12.3. The molecule has 3 aliphatic rings. The molecule has 50 heavy (non-hydrogen) atoms. The number of hydrogen-bond acceptors (Lipinski definition) is 5. The van der Waals surface area contributed by atoms with Gasteiger partial charge in [-0.1, -0.05) is 43.3 Å². The van der Waals surface area contributed by atoms with E-state index in [0.29, 0.717) is 62.6 Å². The first-order chi connectivity index (χ1) is 23.7. The van der Waals surface area contributed by atoms with Crippen molar-refractivity contribution in [3.05, 3.63) is 118 Å². The molecule has 0 saturated heterocycles. The maximum absolute atomic E-state index is 14.5. The molecule has 0 aliphatic heterocycles. The third-order valence-corrected chi connectivity index (χ3v) is 9.88. The predicted molar refractivity (Wildman–Crippen MR) is 164 cm³/mol. The van der Waals surface area contributed by atoms with Gasteiger partial charge in [-0.05, 0) is 70.1 Å². The molecule has 0 N–H and O–H groups in total. The third-order valence-electron chi connectivity index (χ3n) is 9.88. The summed E-state index contributed by atoms with van der Waals surface area (Å²) in [6.45, 7) is 1.87. The van der Waals surface area contributed by atoms with Crippen molar-refractivity contribution in [1.82, 2.24) is 9.97 Å². The fraction of sp³-hybridized carbons (Fsp3) is 0.162. The Morgan fingerprint density at radius 3 is 1.72 bits per heavy atom. The SMILES string of the molecule is CC1C(C#N)C12c1cc(-c3ccc(C(F)(F)F)c(F)c3)ccc1-c1nc3c(nc12)-c1ccc(-c2ccc(C(F)(F)F)c(F)c2)cc1C3=NC#N. The summed E-state index contributed by atoms with van der Waals surface area (Å²) in [6, 6.07) is 17.4. The van der Waals surface area contributed by atoms with Gasteiger partial charge in [-0.15, -0.1) is 0 Å². The third kappa shape index (κ3) is 4.25. The summed E-state index contributed by atoms with van der Waals surface area (Å²) in [5.74, 6) is -3.65. The van der Waals surface area contributed by atoms with Gasteiger partial charge in [0.25, 0.3) is 0 Å². The number of benzene rings is 4. The Morgan fingerprint density at radius 2 is 1.20 bits per heavy atom. The van der Waals surface area contributed by atoms with Gasteiger partial charge in [0.15, 0.2) is 0 Å². The van der Waals surface area contributed by atoms with Crippen LogP contribution in [0.1, 0.15) is 40.6 Å². The first kappa shape index (κ1) is 31.3. The lowest BCUT2D eigenvalue weighted by Crippen LogP contribution is -2.13. The second kappa shape index (κ2) is 10.3. The monoisotopic (exact) mass is 683 g/mol. The van der Waals surface area contributed by atoms with E-state index in [1.807, 2.05) is 6.92 Å². The number of fused-ring (bicyclic) bond motifs is 8. The molecular weight excluding hydrogens is 666 g/mol. The molecule has 3 atom stereocenters. The maximum Gasteiger partial charge on any atom is 0.419 e. The van der Waals surface area contributed by atoms with Crippen LogP contribution in [0.2, 0.25) is 0 Å². The fourth-order valence-electron chi connectivity index (χ4n) is 7.48. The van der Waals surface area contributed by atoms with Crippen LogP contribution in [-0.4, -0.2) is 15.7 Å². The molecule has 3 unspecified atom stereocenters. The van der Waals surface area contributed by atoms with Gasteiger partial charge in [-0.25, -0.2) is 18.7 Å². The molecule has 246 valence electrons. The molecule has 1 heterocycles. The summed E-state index contributed by atoms with van der Waals surface area (Å²) in [6.07, 6.45) is -7.97. The molecule has 1 saturated carbocycles. The van der Waals surface area contributed by atoms with Gasteiger partial charge in [-0.3, -0.25) is 0 Å². The number of aromatic nitrogens is 2. The summed E-state index contributed by atoms with van der Waals surface area (Å²) in [4.78, 5) is 13.9. The summed E-state index contributed by atoms with van der Waals surface area (Å²) in [7, 11) is 0. The summed E-state index contributed by atoms with van der Waals surface area (Å²) < 4.78 is 108. The minimum Gasteiger partial charge on any atom is -0.247 e. The van der Waals surface area contributed by atoms with E-state index >= 15 is 0 Å². The number of nitrogens with zero attached hydrogens (tertiary/aromatic N) is 5. The van der Waals surface area contributed by atoms with Crippen LogP contribution in [0.15, 0.2) is 77.8 Å². The minimum absolute atomic E-state index is 0.141. The normalized spacial score (nSPS) is 20.6. The van der Waals surface area contributed by atoms with Gasteiger partial charge in [0.1, 0.15) is 23.0 Å². The van der Waals surface area contributed by atoms with Crippen molar-refractivity contribution in [2.45, 2.75) is 24.7 Å². The van der Waals surface area contributed by atoms with Crippen molar-refractivity contribution >= 4 is 5.71 Å². The lowest BCUT2D eigenvalue weighted by atomic mass is 9.89. The summed E-state index contributed by atoms with van der Waals surface area (Å²) >= 11 is 0. The highest BCUT2D eigenvalue weighted by Crippen LogP contribution is 2.69.